The number of amides is 2. The Balaban J connectivity index is 1.59. The molecule has 2 aliphatic carbocycles. The van der Waals surface area contributed by atoms with Crippen molar-refractivity contribution in [2.75, 3.05) is 0 Å². The van der Waals surface area contributed by atoms with Crippen LogP contribution in [-0.4, -0.2) is 40.0 Å². The second-order valence-corrected chi connectivity index (χ2v) is 11.2. The number of nitrogens with zero attached hydrogens (tertiary/aromatic N) is 1. The van der Waals surface area contributed by atoms with Gasteiger partial charge in [-0.25, -0.2) is 9.78 Å². The Kier molecular flexibility index (Phi) is 8.65. The molecule has 1 aromatic carbocycles. The molecule has 1 atom stereocenters. The average Bonchev–Trinajstić information content (AvgIpc) is 3.39. The quantitative estimate of drug-likeness (QED) is 0.376. The Morgan fingerprint density at radius 2 is 1.68 bits per heavy atom. The van der Waals surface area contributed by atoms with E-state index in [1.54, 1.807) is 19.1 Å². The van der Waals surface area contributed by atoms with Crippen LogP contribution < -0.4 is 10.6 Å². The van der Waals surface area contributed by atoms with Crippen molar-refractivity contribution in [3.05, 3.63) is 65.5 Å². The summed E-state index contributed by atoms with van der Waals surface area (Å²) in [6, 6.07) is 6.16. The van der Waals surface area contributed by atoms with E-state index in [0.717, 1.165) is 61.4 Å². The van der Waals surface area contributed by atoms with Gasteiger partial charge in [0.05, 0.1) is 0 Å². The van der Waals surface area contributed by atoms with E-state index in [1.165, 1.54) is 18.4 Å². The lowest BCUT2D eigenvalue weighted by atomic mass is 9.82. The highest BCUT2D eigenvalue weighted by Crippen LogP contribution is 2.31. The average molecular weight is 518 g/mol. The number of carboxylic acid groups (broad SMARTS) is 1. The summed E-state index contributed by atoms with van der Waals surface area (Å²) in [5.74, 6) is -0.790. The molecule has 0 spiro atoms. The van der Waals surface area contributed by atoms with Gasteiger partial charge in [-0.1, -0.05) is 50.5 Å². The summed E-state index contributed by atoms with van der Waals surface area (Å²) < 4.78 is 0. The van der Waals surface area contributed by atoms with Gasteiger partial charge in [-0.05, 0) is 86.9 Å². The fourth-order valence-electron chi connectivity index (χ4n) is 5.82. The highest BCUT2D eigenvalue weighted by Gasteiger charge is 2.26. The number of allylic oxidation sites excluding steroid dienone is 1. The number of fused-ring (bicyclic) bond motifs is 1. The first kappa shape index (κ1) is 27.6. The van der Waals surface area contributed by atoms with Gasteiger partial charge in [-0.2, -0.15) is 0 Å². The summed E-state index contributed by atoms with van der Waals surface area (Å²) in [7, 11) is 0. The minimum atomic E-state index is -1.19. The lowest BCUT2D eigenvalue weighted by molar-refractivity contribution is -0.138. The first-order valence-electron chi connectivity index (χ1n) is 13.7. The smallest absolute Gasteiger partial charge is 0.330 e. The molecule has 2 saturated carbocycles. The maximum absolute atomic E-state index is 13.2. The molecule has 0 saturated heterocycles. The maximum Gasteiger partial charge on any atom is 0.330 e. The van der Waals surface area contributed by atoms with E-state index < -0.39 is 17.9 Å². The number of benzene rings is 1. The van der Waals surface area contributed by atoms with Crippen LogP contribution in [0.2, 0.25) is 0 Å². The predicted molar refractivity (Wildman–Crippen MR) is 149 cm³/mol. The van der Waals surface area contributed by atoms with Crippen molar-refractivity contribution in [2.24, 2.45) is 11.8 Å². The number of rotatable bonds is 9. The van der Waals surface area contributed by atoms with Crippen molar-refractivity contribution < 1.29 is 19.5 Å². The minimum absolute atomic E-state index is 0.0925. The number of carbonyl (C=O) groups excluding carboxylic acids is 2. The van der Waals surface area contributed by atoms with Crippen LogP contribution in [0.1, 0.15) is 91.8 Å². The first-order valence-corrected chi connectivity index (χ1v) is 13.7. The molecule has 38 heavy (non-hydrogen) atoms. The molecule has 2 aromatic rings. The van der Waals surface area contributed by atoms with Crippen molar-refractivity contribution in [1.29, 1.82) is 0 Å². The zero-order valence-corrected chi connectivity index (χ0v) is 22.5. The monoisotopic (exact) mass is 517 g/mol. The SMILES string of the molecule is C=C(C)C1CCC(NC(=O)c2ccc3cc(C(=O)N[C@@H](C(=C)C)C(=O)O)nc(CC4CCCC4)c3c2)CC1. The van der Waals surface area contributed by atoms with E-state index in [-0.39, 0.29) is 17.6 Å². The number of hydrogen-bond donors (Lipinski definition) is 3. The highest BCUT2D eigenvalue weighted by atomic mass is 16.4. The minimum Gasteiger partial charge on any atom is -0.479 e. The van der Waals surface area contributed by atoms with E-state index in [9.17, 15) is 19.5 Å². The standard InChI is InChI=1S/C31H39N3O4/c1-18(2)21-11-13-24(14-12-21)32-29(35)23-10-9-22-17-27(30(36)34-28(19(3)4)31(37)38)33-26(25(22)16-23)15-20-7-5-6-8-20/h9-10,16-17,20-21,24,28H,1,3,5-8,11-15H2,2,4H3,(H,32,35)(H,34,36)(H,37,38)/t21?,24?,28-/m0/s1. The molecule has 3 N–H and O–H groups in total. The van der Waals surface area contributed by atoms with E-state index >= 15 is 0 Å². The van der Waals surface area contributed by atoms with E-state index in [4.69, 9.17) is 4.98 Å². The van der Waals surface area contributed by atoms with E-state index in [1.807, 2.05) is 12.1 Å². The summed E-state index contributed by atoms with van der Waals surface area (Å²) in [5.41, 5.74) is 3.08. The summed E-state index contributed by atoms with van der Waals surface area (Å²) in [6.45, 7) is 11.4. The van der Waals surface area contributed by atoms with E-state index in [2.05, 4.69) is 30.7 Å². The molecule has 2 amide bonds. The van der Waals surface area contributed by atoms with Crippen LogP contribution in [0, 0.1) is 11.8 Å². The van der Waals surface area contributed by atoms with Gasteiger partial charge in [0.15, 0.2) is 0 Å². The number of carboxylic acids is 1. The van der Waals surface area contributed by atoms with Crippen LogP contribution in [0.25, 0.3) is 10.8 Å². The van der Waals surface area contributed by atoms with E-state index in [0.29, 0.717) is 23.0 Å². The van der Waals surface area contributed by atoms with Crippen molar-refractivity contribution in [3.63, 3.8) is 0 Å². The maximum atomic E-state index is 13.2. The molecular weight excluding hydrogens is 478 g/mol. The molecule has 7 heteroatoms. The van der Waals surface area contributed by atoms with Crippen LogP contribution in [0.3, 0.4) is 0 Å². The summed E-state index contributed by atoms with van der Waals surface area (Å²) in [6.07, 6.45) is 9.31. The van der Waals surface area contributed by atoms with Crippen LogP contribution in [0.15, 0.2) is 48.6 Å². The number of aromatic nitrogens is 1. The molecule has 7 nitrogen and oxygen atoms in total. The topological polar surface area (TPSA) is 108 Å². The zero-order valence-electron chi connectivity index (χ0n) is 22.5. The van der Waals surface area contributed by atoms with Crippen molar-refractivity contribution in [3.8, 4) is 0 Å². The Hall–Kier alpha value is -3.48. The Morgan fingerprint density at radius 1 is 1.00 bits per heavy atom. The normalized spacial score (nSPS) is 20.6. The van der Waals surface area contributed by atoms with Gasteiger partial charge >= 0.3 is 5.97 Å². The van der Waals surface area contributed by atoms with Gasteiger partial charge < -0.3 is 15.7 Å². The van der Waals surface area contributed by atoms with Crippen molar-refractivity contribution in [1.82, 2.24) is 15.6 Å². The molecule has 1 aromatic heterocycles. The van der Waals surface area contributed by atoms with Gasteiger partial charge in [0.25, 0.3) is 11.8 Å². The summed E-state index contributed by atoms with van der Waals surface area (Å²) in [4.78, 5) is 42.5. The number of pyridine rings is 1. The van der Waals surface area contributed by atoms with Crippen LogP contribution in [0.5, 0.6) is 0 Å². The van der Waals surface area contributed by atoms with Crippen LogP contribution in [-0.2, 0) is 11.2 Å². The molecular formula is C31H39N3O4. The first-order chi connectivity index (χ1) is 18.1. The van der Waals surface area contributed by atoms with Gasteiger partial charge in [0.2, 0.25) is 0 Å². The molecule has 0 unspecified atom stereocenters. The third-order valence-electron chi connectivity index (χ3n) is 8.14. The Morgan fingerprint density at radius 3 is 2.29 bits per heavy atom. The lowest BCUT2D eigenvalue weighted by Gasteiger charge is -2.29. The van der Waals surface area contributed by atoms with Gasteiger partial charge in [0, 0.05) is 22.7 Å². The number of hydrogen-bond acceptors (Lipinski definition) is 4. The predicted octanol–water partition coefficient (Wildman–Crippen LogP) is 5.59. The second-order valence-electron chi connectivity index (χ2n) is 11.2. The molecule has 0 bridgehead atoms. The number of nitrogens with one attached hydrogen (secondary N) is 2. The Bertz CT molecular complexity index is 1240. The molecule has 0 aliphatic heterocycles. The van der Waals surface area contributed by atoms with Gasteiger partial charge in [-0.3, -0.25) is 9.59 Å². The zero-order chi connectivity index (χ0) is 27.4. The molecule has 2 aliphatic rings. The molecule has 0 radical (unpaired) electrons. The number of carbonyl (C=O) groups is 3. The van der Waals surface area contributed by atoms with Crippen molar-refractivity contribution >= 4 is 28.6 Å². The molecule has 202 valence electrons. The Labute approximate surface area is 224 Å². The molecule has 2 fully saturated rings. The third-order valence-corrected chi connectivity index (χ3v) is 8.14. The van der Waals surface area contributed by atoms with Gasteiger partial charge in [-0.15, -0.1) is 0 Å². The fraction of sp³-hybridized carbons (Fsp3) is 0.484. The third kappa shape index (κ3) is 6.50. The number of aliphatic carboxylic acids is 1. The van der Waals surface area contributed by atoms with Crippen molar-refractivity contribution in [2.45, 2.75) is 83.7 Å². The fourth-order valence-corrected chi connectivity index (χ4v) is 5.82. The molecule has 4 rings (SSSR count). The van der Waals surface area contributed by atoms with Gasteiger partial charge in [0.1, 0.15) is 11.7 Å². The van der Waals surface area contributed by atoms with Crippen LogP contribution >= 0.6 is 0 Å². The lowest BCUT2D eigenvalue weighted by Crippen LogP contribution is -2.41. The second kappa shape index (κ2) is 11.9. The summed E-state index contributed by atoms with van der Waals surface area (Å²) in [5, 5.41) is 16.9. The molecule has 1 heterocycles. The summed E-state index contributed by atoms with van der Waals surface area (Å²) >= 11 is 0. The largest absolute Gasteiger partial charge is 0.479 e. The highest BCUT2D eigenvalue weighted by molar-refractivity contribution is 6.02. The van der Waals surface area contributed by atoms with Crippen LogP contribution in [0.4, 0.5) is 0 Å².